The van der Waals surface area contributed by atoms with Crippen molar-refractivity contribution in [3.8, 4) is 0 Å². The summed E-state index contributed by atoms with van der Waals surface area (Å²) in [7, 11) is 0. The summed E-state index contributed by atoms with van der Waals surface area (Å²) in [5, 5.41) is 0. The Kier molecular flexibility index (Phi) is 2.42. The molecule has 1 rings (SSSR count). The fourth-order valence-corrected chi connectivity index (χ4v) is 1.14. The van der Waals surface area contributed by atoms with Crippen LogP contribution in [0.4, 0.5) is 13.2 Å². The Morgan fingerprint density at radius 2 is 1.91 bits per heavy atom. The van der Waals surface area contributed by atoms with E-state index >= 15 is 0 Å². The maximum atomic E-state index is 11.9. The second kappa shape index (κ2) is 3.01. The molecule has 0 aliphatic carbocycles. The molecule has 1 aliphatic heterocycles. The van der Waals surface area contributed by atoms with Crippen LogP contribution in [-0.2, 0) is 4.74 Å². The molecule has 2 atom stereocenters. The number of alkyl halides is 3. The predicted octanol–water partition coefficient (Wildman–Crippen LogP) is 2.36. The van der Waals surface area contributed by atoms with Crippen LogP contribution in [0.1, 0.15) is 19.8 Å². The molecule has 66 valence electrons. The largest absolute Gasteiger partial charge is 0.414 e. The highest BCUT2D eigenvalue weighted by Gasteiger charge is 2.42. The topological polar surface area (TPSA) is 9.23 Å². The van der Waals surface area contributed by atoms with Gasteiger partial charge in [0.2, 0.25) is 0 Å². The van der Waals surface area contributed by atoms with Crippen molar-refractivity contribution in [2.45, 2.75) is 32.0 Å². The van der Waals surface area contributed by atoms with Crippen molar-refractivity contribution in [1.29, 1.82) is 0 Å². The molecule has 0 N–H and O–H groups in total. The average molecular weight is 168 g/mol. The van der Waals surface area contributed by atoms with Gasteiger partial charge in [0.1, 0.15) is 0 Å². The molecule has 0 bridgehead atoms. The van der Waals surface area contributed by atoms with Crippen molar-refractivity contribution in [2.24, 2.45) is 5.92 Å². The lowest BCUT2D eigenvalue weighted by molar-refractivity contribution is -0.234. The Balaban J connectivity index is 2.39. The van der Waals surface area contributed by atoms with Crippen LogP contribution in [0, 0.1) is 5.92 Å². The molecular formula is C7H11F3O. The quantitative estimate of drug-likeness (QED) is 0.539. The molecule has 1 heterocycles. The Hall–Kier alpha value is -0.250. The zero-order valence-corrected chi connectivity index (χ0v) is 6.32. The van der Waals surface area contributed by atoms with Crippen LogP contribution in [0.15, 0.2) is 0 Å². The second-order valence-corrected chi connectivity index (χ2v) is 3.05. The first-order chi connectivity index (χ1) is 5.00. The first-order valence-corrected chi connectivity index (χ1v) is 3.68. The van der Waals surface area contributed by atoms with Crippen molar-refractivity contribution >= 4 is 0 Å². The van der Waals surface area contributed by atoms with Gasteiger partial charge in [0.15, 0.2) is 6.10 Å². The highest BCUT2D eigenvalue weighted by Crippen LogP contribution is 2.31. The Morgan fingerprint density at radius 3 is 2.27 bits per heavy atom. The van der Waals surface area contributed by atoms with Crippen LogP contribution in [0.5, 0.6) is 0 Å². The lowest BCUT2D eigenvalue weighted by Gasteiger charge is -2.28. The number of hydrogen-bond donors (Lipinski definition) is 0. The van der Waals surface area contributed by atoms with E-state index in [0.29, 0.717) is 6.42 Å². The zero-order valence-electron chi connectivity index (χ0n) is 6.32. The number of ether oxygens (including phenoxy) is 1. The minimum absolute atomic E-state index is 0.116. The van der Waals surface area contributed by atoms with Crippen LogP contribution in [0.25, 0.3) is 0 Å². The normalized spacial score (nSPS) is 33.8. The van der Waals surface area contributed by atoms with Crippen LogP contribution >= 0.6 is 0 Å². The summed E-state index contributed by atoms with van der Waals surface area (Å²) in [6.07, 6.45) is -4.95. The second-order valence-electron chi connectivity index (χ2n) is 3.05. The van der Waals surface area contributed by atoms with Gasteiger partial charge in [-0.25, -0.2) is 0 Å². The van der Waals surface area contributed by atoms with E-state index in [1.807, 2.05) is 6.92 Å². The van der Waals surface area contributed by atoms with Gasteiger partial charge in [-0.1, -0.05) is 6.92 Å². The average Bonchev–Trinajstić information content (AvgIpc) is 1.86. The predicted molar refractivity (Wildman–Crippen MR) is 34.2 cm³/mol. The van der Waals surface area contributed by atoms with Gasteiger partial charge in [-0.05, 0) is 18.8 Å². The molecule has 0 spiro atoms. The molecule has 1 fully saturated rings. The van der Waals surface area contributed by atoms with Gasteiger partial charge < -0.3 is 4.74 Å². The third-order valence-electron chi connectivity index (χ3n) is 1.87. The van der Waals surface area contributed by atoms with E-state index in [1.54, 1.807) is 0 Å². The van der Waals surface area contributed by atoms with Crippen molar-refractivity contribution in [2.75, 3.05) is 6.61 Å². The zero-order chi connectivity index (χ0) is 8.48. The molecule has 0 saturated carbocycles. The van der Waals surface area contributed by atoms with E-state index in [9.17, 15) is 13.2 Å². The Labute approximate surface area is 63.5 Å². The summed E-state index contributed by atoms with van der Waals surface area (Å²) in [5.74, 6) is 0.272. The Morgan fingerprint density at radius 1 is 1.27 bits per heavy atom. The van der Waals surface area contributed by atoms with E-state index in [4.69, 9.17) is 0 Å². The number of hydrogen-bond acceptors (Lipinski definition) is 1. The fraction of sp³-hybridized carbons (Fsp3) is 1.00. The Bertz CT molecular complexity index is 124. The maximum Gasteiger partial charge on any atom is 0.414 e. The standard InChI is InChI=1S/C7H11F3O/c1-5-2-3-6(11-4-5)7(8,9)10/h5-6H,2-4H2,1H3/t5-,6+/m0/s1. The molecule has 0 amide bonds. The molecular weight excluding hydrogens is 157 g/mol. The summed E-state index contributed by atoms with van der Waals surface area (Å²) < 4.78 is 40.5. The highest BCUT2D eigenvalue weighted by molar-refractivity contribution is 4.73. The molecule has 11 heavy (non-hydrogen) atoms. The maximum absolute atomic E-state index is 11.9. The smallest absolute Gasteiger partial charge is 0.369 e. The van der Waals surface area contributed by atoms with Gasteiger partial charge >= 0.3 is 6.18 Å². The first-order valence-electron chi connectivity index (χ1n) is 3.68. The van der Waals surface area contributed by atoms with E-state index in [2.05, 4.69) is 4.74 Å². The minimum Gasteiger partial charge on any atom is -0.369 e. The molecule has 0 aromatic carbocycles. The van der Waals surface area contributed by atoms with Crippen LogP contribution in [0.3, 0.4) is 0 Å². The first kappa shape index (κ1) is 8.84. The summed E-state index contributed by atoms with van der Waals surface area (Å²) in [5.41, 5.74) is 0. The van der Waals surface area contributed by atoms with E-state index < -0.39 is 12.3 Å². The van der Waals surface area contributed by atoms with Gasteiger partial charge in [0, 0.05) is 6.61 Å². The highest BCUT2D eigenvalue weighted by atomic mass is 19.4. The van der Waals surface area contributed by atoms with Gasteiger partial charge in [-0.3, -0.25) is 0 Å². The molecule has 0 aromatic rings. The van der Waals surface area contributed by atoms with E-state index in [0.717, 1.165) is 0 Å². The van der Waals surface area contributed by atoms with Crippen LogP contribution in [-0.4, -0.2) is 18.9 Å². The van der Waals surface area contributed by atoms with E-state index in [-0.39, 0.29) is 18.9 Å². The monoisotopic (exact) mass is 168 g/mol. The van der Waals surface area contributed by atoms with Crippen molar-refractivity contribution < 1.29 is 17.9 Å². The fourth-order valence-electron chi connectivity index (χ4n) is 1.14. The molecule has 1 aliphatic rings. The summed E-state index contributed by atoms with van der Waals surface area (Å²) >= 11 is 0. The van der Waals surface area contributed by atoms with Crippen LogP contribution < -0.4 is 0 Å². The summed E-state index contributed by atoms with van der Waals surface area (Å²) in [6, 6.07) is 0. The van der Waals surface area contributed by atoms with Crippen molar-refractivity contribution in [3.63, 3.8) is 0 Å². The summed E-state index contributed by atoms with van der Waals surface area (Å²) in [6.45, 7) is 2.14. The SMILES string of the molecule is C[C@H]1CC[C@H](C(F)(F)F)OC1. The molecule has 0 aromatic heterocycles. The van der Waals surface area contributed by atoms with Crippen molar-refractivity contribution in [3.05, 3.63) is 0 Å². The minimum atomic E-state index is -4.17. The van der Waals surface area contributed by atoms with Gasteiger partial charge in [0.05, 0.1) is 0 Å². The third kappa shape index (κ3) is 2.36. The summed E-state index contributed by atoms with van der Waals surface area (Å²) in [4.78, 5) is 0. The molecule has 4 heteroatoms. The third-order valence-corrected chi connectivity index (χ3v) is 1.87. The molecule has 1 nitrogen and oxygen atoms in total. The number of halogens is 3. The lowest BCUT2D eigenvalue weighted by Crippen LogP contribution is -2.36. The molecule has 1 saturated heterocycles. The van der Waals surface area contributed by atoms with Gasteiger partial charge in [0.25, 0.3) is 0 Å². The molecule has 0 radical (unpaired) electrons. The van der Waals surface area contributed by atoms with Gasteiger partial charge in [-0.15, -0.1) is 0 Å². The number of rotatable bonds is 0. The lowest BCUT2D eigenvalue weighted by atomic mass is 10.0. The van der Waals surface area contributed by atoms with Crippen molar-refractivity contribution in [1.82, 2.24) is 0 Å². The van der Waals surface area contributed by atoms with Gasteiger partial charge in [-0.2, -0.15) is 13.2 Å². The van der Waals surface area contributed by atoms with E-state index in [1.165, 1.54) is 0 Å². The van der Waals surface area contributed by atoms with Crippen LogP contribution in [0.2, 0.25) is 0 Å². The molecule has 0 unspecified atom stereocenters.